The number of ether oxygens (including phenoxy) is 1. The Balaban J connectivity index is 1.78. The van der Waals surface area contributed by atoms with Gasteiger partial charge in [0.25, 0.3) is 0 Å². The van der Waals surface area contributed by atoms with Crippen LogP contribution in [0.4, 0.5) is 14.5 Å². The number of fused-ring (bicyclic) bond motifs is 1. The Hall–Kier alpha value is -3.09. The van der Waals surface area contributed by atoms with Crippen LogP contribution >= 0.6 is 15.9 Å². The van der Waals surface area contributed by atoms with Crippen LogP contribution in [0, 0.1) is 11.6 Å². The normalized spacial score (nSPS) is 12.6. The number of anilines is 1. The molecule has 0 amide bonds. The molecule has 1 unspecified atom stereocenters. The number of nitrogens with one attached hydrogen (secondary N) is 1. The molecule has 36 heavy (non-hydrogen) atoms. The molecule has 2 aromatic heterocycles. The van der Waals surface area contributed by atoms with E-state index in [0.29, 0.717) is 27.7 Å². The lowest BCUT2D eigenvalue weighted by Gasteiger charge is -2.15. The molecule has 8 nitrogen and oxygen atoms in total. The molecule has 0 bridgehead atoms. The summed E-state index contributed by atoms with van der Waals surface area (Å²) in [6.07, 6.45) is 0.0265. The van der Waals surface area contributed by atoms with Crippen LogP contribution in [-0.4, -0.2) is 41.2 Å². The second kappa shape index (κ2) is 10.5. The van der Waals surface area contributed by atoms with Gasteiger partial charge in [0, 0.05) is 16.1 Å². The van der Waals surface area contributed by atoms with E-state index < -0.39 is 39.0 Å². The fraction of sp³-hybridized carbons (Fsp3) is 0.250. The van der Waals surface area contributed by atoms with E-state index in [2.05, 4.69) is 30.7 Å². The van der Waals surface area contributed by atoms with Crippen molar-refractivity contribution in [1.29, 1.82) is 0 Å². The average Bonchev–Trinajstić information content (AvgIpc) is 3.18. The van der Waals surface area contributed by atoms with Gasteiger partial charge in [0.1, 0.15) is 23.4 Å². The largest absolute Gasteiger partial charge is 0.497 e. The van der Waals surface area contributed by atoms with Crippen LogP contribution in [0.25, 0.3) is 11.0 Å². The highest BCUT2D eigenvalue weighted by Crippen LogP contribution is 2.34. The number of pyridine rings is 1. The van der Waals surface area contributed by atoms with Crippen LogP contribution < -0.4 is 9.46 Å². The Bertz CT molecular complexity index is 1510. The van der Waals surface area contributed by atoms with Crippen LogP contribution in [-0.2, 0) is 16.6 Å². The van der Waals surface area contributed by atoms with E-state index in [-0.39, 0.29) is 18.0 Å². The fourth-order valence-corrected chi connectivity index (χ4v) is 5.26. The van der Waals surface area contributed by atoms with Crippen LogP contribution in [0.5, 0.6) is 5.75 Å². The van der Waals surface area contributed by atoms with Crippen molar-refractivity contribution in [2.45, 2.75) is 26.0 Å². The van der Waals surface area contributed by atoms with Crippen LogP contribution in [0.15, 0.2) is 53.1 Å². The molecule has 12 heteroatoms. The van der Waals surface area contributed by atoms with Crippen molar-refractivity contribution in [2.75, 3.05) is 17.6 Å². The van der Waals surface area contributed by atoms with Gasteiger partial charge in [-0.2, -0.15) is 5.10 Å². The highest BCUT2D eigenvalue weighted by Gasteiger charge is 2.28. The van der Waals surface area contributed by atoms with Crippen molar-refractivity contribution in [1.82, 2.24) is 14.8 Å². The molecule has 190 valence electrons. The van der Waals surface area contributed by atoms with E-state index >= 15 is 4.39 Å². The maximum atomic E-state index is 15.3. The van der Waals surface area contributed by atoms with E-state index in [9.17, 15) is 17.9 Å². The molecule has 0 fully saturated rings. The van der Waals surface area contributed by atoms with Crippen molar-refractivity contribution in [3.63, 3.8) is 0 Å². The SMILES string of the molecule is CCCS(=O)(=O)Nc1ccc(F)c(C(O)c2nn(Cc3ccc(OC)cc3)c3ncc(Br)cc23)c1F. The van der Waals surface area contributed by atoms with E-state index in [1.165, 1.54) is 4.68 Å². The van der Waals surface area contributed by atoms with Gasteiger partial charge in [0.2, 0.25) is 10.0 Å². The van der Waals surface area contributed by atoms with Gasteiger partial charge in [-0.05, 0) is 58.2 Å². The van der Waals surface area contributed by atoms with Gasteiger partial charge >= 0.3 is 0 Å². The number of hydrogen-bond donors (Lipinski definition) is 2. The fourth-order valence-electron chi connectivity index (χ4n) is 3.80. The first-order valence-corrected chi connectivity index (χ1v) is 13.4. The first kappa shape index (κ1) is 26.0. The van der Waals surface area contributed by atoms with Crippen LogP contribution in [0.3, 0.4) is 0 Å². The summed E-state index contributed by atoms with van der Waals surface area (Å²) in [5.74, 6) is -1.81. The summed E-state index contributed by atoms with van der Waals surface area (Å²) in [5, 5.41) is 15.9. The van der Waals surface area contributed by atoms with Crippen molar-refractivity contribution in [3.05, 3.63) is 81.6 Å². The number of aliphatic hydroxyl groups is 1. The summed E-state index contributed by atoms with van der Waals surface area (Å²) in [5.41, 5.74) is 0.0425. The van der Waals surface area contributed by atoms with E-state index in [4.69, 9.17) is 4.74 Å². The molecule has 4 aromatic rings. The molecule has 4 rings (SSSR count). The third-order valence-corrected chi connectivity index (χ3v) is 7.38. The van der Waals surface area contributed by atoms with E-state index in [0.717, 1.165) is 17.7 Å². The van der Waals surface area contributed by atoms with Crippen molar-refractivity contribution in [3.8, 4) is 5.75 Å². The number of hydrogen-bond acceptors (Lipinski definition) is 6. The molecule has 0 aliphatic heterocycles. The Morgan fingerprint density at radius 2 is 1.92 bits per heavy atom. The van der Waals surface area contributed by atoms with Crippen LogP contribution in [0.1, 0.15) is 36.3 Å². The number of nitrogens with zero attached hydrogens (tertiary/aromatic N) is 3. The maximum Gasteiger partial charge on any atom is 0.232 e. The summed E-state index contributed by atoms with van der Waals surface area (Å²) in [7, 11) is -2.28. The number of rotatable bonds is 9. The Morgan fingerprint density at radius 1 is 1.19 bits per heavy atom. The molecule has 2 heterocycles. The Labute approximate surface area is 215 Å². The smallest absolute Gasteiger partial charge is 0.232 e. The molecule has 2 aromatic carbocycles. The van der Waals surface area contributed by atoms with Gasteiger partial charge in [-0.25, -0.2) is 26.9 Å². The lowest BCUT2D eigenvalue weighted by Crippen LogP contribution is -2.18. The summed E-state index contributed by atoms with van der Waals surface area (Å²) in [6, 6.07) is 10.8. The topological polar surface area (TPSA) is 106 Å². The van der Waals surface area contributed by atoms with Gasteiger partial charge in [0.15, 0.2) is 11.5 Å². The molecule has 0 aliphatic rings. The highest BCUT2D eigenvalue weighted by molar-refractivity contribution is 9.10. The molecule has 0 aliphatic carbocycles. The van der Waals surface area contributed by atoms with Crippen molar-refractivity contribution in [2.24, 2.45) is 0 Å². The predicted molar refractivity (Wildman–Crippen MR) is 135 cm³/mol. The lowest BCUT2D eigenvalue weighted by atomic mass is 10.0. The molecular weight excluding hydrogens is 558 g/mol. The molecule has 0 saturated heterocycles. The number of methoxy groups -OCH3 is 1. The van der Waals surface area contributed by atoms with Gasteiger partial charge in [-0.3, -0.25) is 4.72 Å². The number of aliphatic hydroxyl groups excluding tert-OH is 1. The molecule has 0 spiro atoms. The number of sulfonamides is 1. The zero-order valence-electron chi connectivity index (χ0n) is 19.4. The first-order chi connectivity index (χ1) is 17.1. The third-order valence-electron chi connectivity index (χ3n) is 5.47. The second-order valence-corrected chi connectivity index (χ2v) is 10.8. The average molecular weight is 581 g/mol. The van der Waals surface area contributed by atoms with Gasteiger partial charge < -0.3 is 9.84 Å². The minimum Gasteiger partial charge on any atom is -0.497 e. The molecule has 2 N–H and O–H groups in total. The van der Waals surface area contributed by atoms with Gasteiger partial charge in [0.05, 0.1) is 30.7 Å². The number of halogens is 3. The molecule has 1 atom stereocenters. The minimum absolute atomic E-state index is 0.0290. The van der Waals surface area contributed by atoms with Gasteiger partial charge in [-0.15, -0.1) is 0 Å². The second-order valence-electron chi connectivity index (χ2n) is 8.06. The monoisotopic (exact) mass is 580 g/mol. The number of benzene rings is 2. The predicted octanol–water partition coefficient (Wildman–Crippen LogP) is 4.76. The standard InChI is InChI=1S/C24H23BrF2N4O4S/c1-3-10-36(33,34)30-19-9-8-18(26)20(21(19)27)23(32)22-17-11-15(25)12-28-24(17)31(29-22)13-14-4-6-16(35-2)7-5-14/h4-9,11-12,23,30,32H,3,10,13H2,1-2H3. The summed E-state index contributed by atoms with van der Waals surface area (Å²) < 4.78 is 63.8. The quantitative estimate of drug-likeness (QED) is 0.295. The lowest BCUT2D eigenvalue weighted by molar-refractivity contribution is 0.204. The summed E-state index contributed by atoms with van der Waals surface area (Å²) >= 11 is 3.33. The van der Waals surface area contributed by atoms with Crippen molar-refractivity contribution >= 4 is 42.7 Å². The summed E-state index contributed by atoms with van der Waals surface area (Å²) in [6.45, 7) is 1.93. The zero-order valence-corrected chi connectivity index (χ0v) is 21.8. The molecular formula is C24H23BrF2N4O4S. The zero-order chi connectivity index (χ0) is 26.0. The Morgan fingerprint density at radius 3 is 2.58 bits per heavy atom. The summed E-state index contributed by atoms with van der Waals surface area (Å²) in [4.78, 5) is 4.38. The van der Waals surface area contributed by atoms with Crippen LogP contribution in [0.2, 0.25) is 0 Å². The molecule has 0 radical (unpaired) electrons. The van der Waals surface area contributed by atoms with Crippen molar-refractivity contribution < 1.29 is 27.0 Å². The van der Waals surface area contributed by atoms with Gasteiger partial charge in [-0.1, -0.05) is 19.1 Å². The molecule has 0 saturated carbocycles. The van der Waals surface area contributed by atoms with E-state index in [1.807, 2.05) is 12.1 Å². The van der Waals surface area contributed by atoms with E-state index in [1.54, 1.807) is 38.4 Å². The highest BCUT2D eigenvalue weighted by atomic mass is 79.9. The first-order valence-electron chi connectivity index (χ1n) is 10.9. The minimum atomic E-state index is -3.84. The number of aromatic nitrogens is 3. The maximum absolute atomic E-state index is 15.3. The third kappa shape index (κ3) is 5.35. The Kier molecular flexibility index (Phi) is 7.57.